The van der Waals surface area contributed by atoms with Gasteiger partial charge in [-0.1, -0.05) is 45.0 Å². The molecular weight excluding hydrogens is 388 g/mol. The molecule has 0 aliphatic carbocycles. The van der Waals surface area contributed by atoms with Gasteiger partial charge in [0.25, 0.3) is 0 Å². The number of sulfonamides is 1. The van der Waals surface area contributed by atoms with Crippen LogP contribution in [-0.2, 0) is 26.8 Å². The molecule has 0 saturated heterocycles. The van der Waals surface area contributed by atoms with Crippen LogP contribution in [0.2, 0.25) is 0 Å². The van der Waals surface area contributed by atoms with Crippen molar-refractivity contribution in [2.75, 3.05) is 23.7 Å². The predicted molar refractivity (Wildman–Crippen MR) is 117 cm³/mol. The zero-order valence-corrected chi connectivity index (χ0v) is 18.5. The Morgan fingerprint density at radius 2 is 1.76 bits per heavy atom. The van der Waals surface area contributed by atoms with Crippen LogP contribution in [0, 0.1) is 0 Å². The summed E-state index contributed by atoms with van der Waals surface area (Å²) in [6, 6.07) is 14.7. The van der Waals surface area contributed by atoms with Gasteiger partial charge in [-0.15, -0.1) is 0 Å². The van der Waals surface area contributed by atoms with Crippen molar-refractivity contribution in [3.05, 3.63) is 59.7 Å². The molecule has 0 aliphatic rings. The summed E-state index contributed by atoms with van der Waals surface area (Å²) in [6.07, 6.45) is 1.10. The van der Waals surface area contributed by atoms with Crippen LogP contribution in [0.1, 0.15) is 38.8 Å². The highest BCUT2D eigenvalue weighted by atomic mass is 32.2. The van der Waals surface area contributed by atoms with E-state index in [1.165, 1.54) is 0 Å². The monoisotopic (exact) mass is 418 g/mol. The molecule has 2 rings (SSSR count). The molecule has 0 fully saturated rings. The van der Waals surface area contributed by atoms with Gasteiger partial charge in [-0.25, -0.2) is 8.42 Å². The first kappa shape index (κ1) is 22.7. The van der Waals surface area contributed by atoms with Crippen molar-refractivity contribution in [2.45, 2.75) is 39.7 Å². The number of hydrogen-bond donors (Lipinski definition) is 1. The lowest BCUT2D eigenvalue weighted by Crippen LogP contribution is -2.40. The third-order valence-corrected chi connectivity index (χ3v) is 5.55. The van der Waals surface area contributed by atoms with Crippen LogP contribution in [0.25, 0.3) is 0 Å². The molecule has 0 unspecified atom stereocenters. The zero-order chi connectivity index (χ0) is 21.7. The molecule has 1 amide bonds. The molecule has 0 radical (unpaired) electrons. The molecular formula is C22H30N2O4S. The highest BCUT2D eigenvalue weighted by molar-refractivity contribution is 7.92. The van der Waals surface area contributed by atoms with E-state index in [2.05, 4.69) is 26.1 Å². The number of hydrogen-bond acceptors (Lipinski definition) is 4. The molecule has 0 atom stereocenters. The number of nitrogens with one attached hydrogen (secondary N) is 1. The Morgan fingerprint density at radius 3 is 2.31 bits per heavy atom. The molecule has 0 heterocycles. The zero-order valence-electron chi connectivity index (χ0n) is 17.7. The molecule has 0 aromatic heterocycles. The summed E-state index contributed by atoms with van der Waals surface area (Å²) in [5.41, 5.74) is 2.40. The maximum atomic E-state index is 12.4. The Balaban J connectivity index is 2.08. The Morgan fingerprint density at radius 1 is 1.10 bits per heavy atom. The lowest BCUT2D eigenvalue weighted by Gasteiger charge is -2.24. The summed E-state index contributed by atoms with van der Waals surface area (Å²) in [6.45, 7) is 8.74. The topological polar surface area (TPSA) is 75.7 Å². The van der Waals surface area contributed by atoms with Gasteiger partial charge in [-0.3, -0.25) is 9.10 Å². The first-order valence-electron chi connectivity index (χ1n) is 9.57. The normalized spacial score (nSPS) is 11.8. The van der Waals surface area contributed by atoms with Gasteiger partial charge in [0.1, 0.15) is 12.3 Å². The van der Waals surface area contributed by atoms with Gasteiger partial charge in [0.15, 0.2) is 0 Å². The number of carbonyl (C=O) groups is 1. The van der Waals surface area contributed by atoms with Crippen LogP contribution in [-0.4, -0.2) is 33.7 Å². The van der Waals surface area contributed by atoms with Crippen LogP contribution < -0.4 is 14.4 Å². The van der Waals surface area contributed by atoms with Crippen molar-refractivity contribution in [3.8, 4) is 5.75 Å². The van der Waals surface area contributed by atoms with Crippen molar-refractivity contribution in [2.24, 2.45) is 0 Å². The number of rotatable bonds is 8. The van der Waals surface area contributed by atoms with E-state index < -0.39 is 10.0 Å². The first-order valence-corrected chi connectivity index (χ1v) is 11.4. The second-order valence-corrected chi connectivity index (χ2v) is 9.83. The van der Waals surface area contributed by atoms with E-state index in [0.29, 0.717) is 18.8 Å². The SMILES string of the molecule is CCOc1cccc(CNC(=O)CN(c2ccc(C(C)(C)C)cc2)S(C)(=O)=O)c1. The summed E-state index contributed by atoms with van der Waals surface area (Å²) >= 11 is 0. The molecule has 0 aliphatic heterocycles. The minimum atomic E-state index is -3.61. The van der Waals surface area contributed by atoms with Crippen LogP contribution in [0.15, 0.2) is 48.5 Å². The van der Waals surface area contributed by atoms with Gasteiger partial charge in [0, 0.05) is 6.54 Å². The highest BCUT2D eigenvalue weighted by Crippen LogP contribution is 2.25. The van der Waals surface area contributed by atoms with Gasteiger partial charge >= 0.3 is 0 Å². The van der Waals surface area contributed by atoms with Crippen molar-refractivity contribution < 1.29 is 17.9 Å². The van der Waals surface area contributed by atoms with Crippen LogP contribution >= 0.6 is 0 Å². The fourth-order valence-electron chi connectivity index (χ4n) is 2.83. The largest absolute Gasteiger partial charge is 0.494 e. The summed E-state index contributed by atoms with van der Waals surface area (Å²) in [5, 5.41) is 2.78. The second-order valence-electron chi connectivity index (χ2n) is 7.92. The van der Waals surface area contributed by atoms with E-state index in [1.807, 2.05) is 43.3 Å². The van der Waals surface area contributed by atoms with Crippen molar-refractivity contribution in [1.82, 2.24) is 5.32 Å². The van der Waals surface area contributed by atoms with Crippen LogP contribution in [0.3, 0.4) is 0 Å². The number of carbonyl (C=O) groups excluding carboxylic acids is 1. The molecule has 29 heavy (non-hydrogen) atoms. The van der Waals surface area contributed by atoms with Gasteiger partial charge in [-0.05, 0) is 47.7 Å². The molecule has 6 nitrogen and oxygen atoms in total. The Labute approximate surface area is 173 Å². The second kappa shape index (κ2) is 9.31. The van der Waals surface area contributed by atoms with Gasteiger partial charge in [0.05, 0.1) is 18.6 Å². The molecule has 0 spiro atoms. The van der Waals surface area contributed by atoms with E-state index in [9.17, 15) is 13.2 Å². The lowest BCUT2D eigenvalue weighted by atomic mass is 9.87. The van der Waals surface area contributed by atoms with E-state index >= 15 is 0 Å². The first-order chi connectivity index (χ1) is 13.5. The number of anilines is 1. The quantitative estimate of drug-likeness (QED) is 0.712. The number of amides is 1. The fourth-order valence-corrected chi connectivity index (χ4v) is 3.68. The minimum absolute atomic E-state index is 0.0398. The smallest absolute Gasteiger partial charge is 0.241 e. The van der Waals surface area contributed by atoms with E-state index in [4.69, 9.17) is 4.74 Å². The molecule has 158 valence electrons. The molecule has 0 bridgehead atoms. The Bertz CT molecular complexity index is 932. The van der Waals surface area contributed by atoms with E-state index in [0.717, 1.165) is 27.4 Å². The van der Waals surface area contributed by atoms with Crippen molar-refractivity contribution >= 4 is 21.6 Å². The third-order valence-electron chi connectivity index (χ3n) is 4.41. The molecule has 1 N–H and O–H groups in total. The predicted octanol–water partition coefficient (Wildman–Crippen LogP) is 3.47. The van der Waals surface area contributed by atoms with Gasteiger partial charge in [0.2, 0.25) is 15.9 Å². The van der Waals surface area contributed by atoms with Crippen molar-refractivity contribution in [1.29, 1.82) is 0 Å². The van der Waals surface area contributed by atoms with Crippen LogP contribution in [0.4, 0.5) is 5.69 Å². The molecule has 2 aromatic rings. The van der Waals surface area contributed by atoms with Gasteiger partial charge < -0.3 is 10.1 Å². The van der Waals surface area contributed by atoms with Crippen molar-refractivity contribution in [3.63, 3.8) is 0 Å². The Kier molecular flexibility index (Phi) is 7.30. The maximum absolute atomic E-state index is 12.4. The van der Waals surface area contributed by atoms with Crippen LogP contribution in [0.5, 0.6) is 5.75 Å². The Hall–Kier alpha value is -2.54. The molecule has 2 aromatic carbocycles. The average Bonchev–Trinajstić information content (AvgIpc) is 2.63. The number of benzene rings is 2. The summed E-state index contributed by atoms with van der Waals surface area (Å²) in [7, 11) is -3.61. The van der Waals surface area contributed by atoms with Gasteiger partial charge in [-0.2, -0.15) is 0 Å². The number of ether oxygens (including phenoxy) is 1. The lowest BCUT2D eigenvalue weighted by molar-refractivity contribution is -0.119. The number of nitrogens with zero attached hydrogens (tertiary/aromatic N) is 1. The molecule has 0 saturated carbocycles. The fraction of sp³-hybridized carbons (Fsp3) is 0.409. The summed E-state index contributed by atoms with van der Waals surface area (Å²) in [4.78, 5) is 12.4. The van der Waals surface area contributed by atoms with E-state index in [1.54, 1.807) is 12.1 Å². The third kappa shape index (κ3) is 6.78. The maximum Gasteiger partial charge on any atom is 0.241 e. The minimum Gasteiger partial charge on any atom is -0.494 e. The summed E-state index contributed by atoms with van der Waals surface area (Å²) < 4.78 is 31.1. The summed E-state index contributed by atoms with van der Waals surface area (Å²) in [5.74, 6) is 0.355. The molecule has 7 heteroatoms. The highest BCUT2D eigenvalue weighted by Gasteiger charge is 2.22. The average molecular weight is 419 g/mol. The van der Waals surface area contributed by atoms with E-state index in [-0.39, 0.29) is 17.9 Å². The standard InChI is InChI=1S/C22H30N2O4S/c1-6-28-20-9-7-8-17(14-20)15-23-21(25)16-24(29(5,26)27)19-12-10-18(11-13-19)22(2,3)4/h7-14H,6,15-16H2,1-5H3,(H,23,25).